The fourth-order valence-corrected chi connectivity index (χ4v) is 4.75. The van der Waals surface area contributed by atoms with E-state index in [-0.39, 0.29) is 18.0 Å². The highest BCUT2D eigenvalue weighted by atomic mass is 35.5. The molecule has 0 aliphatic heterocycles. The second-order valence-corrected chi connectivity index (χ2v) is 8.93. The van der Waals surface area contributed by atoms with Gasteiger partial charge in [0.2, 0.25) is 5.91 Å². The Kier molecular flexibility index (Phi) is 6.57. The number of carbonyl (C=O) groups is 2. The summed E-state index contributed by atoms with van der Waals surface area (Å²) in [7, 11) is 0. The van der Waals surface area contributed by atoms with E-state index in [1.165, 1.54) is 22.3 Å². The van der Waals surface area contributed by atoms with Crippen molar-refractivity contribution in [1.82, 2.24) is 0 Å². The predicted octanol–water partition coefficient (Wildman–Crippen LogP) is 5.74. The first-order chi connectivity index (χ1) is 13.3. The Hall–Kier alpha value is -2.11. The van der Waals surface area contributed by atoms with Gasteiger partial charge in [-0.1, -0.05) is 30.7 Å². The molecule has 28 heavy (non-hydrogen) atoms. The third-order valence-corrected chi connectivity index (χ3v) is 6.01. The van der Waals surface area contributed by atoms with Gasteiger partial charge in [0.25, 0.3) is 0 Å². The molecule has 0 bridgehead atoms. The molecule has 0 fully saturated rings. The van der Waals surface area contributed by atoms with Crippen molar-refractivity contribution in [1.29, 1.82) is 0 Å². The summed E-state index contributed by atoms with van der Waals surface area (Å²) in [6, 6.07) is 7.22. The summed E-state index contributed by atoms with van der Waals surface area (Å²) in [6.07, 6.45) is 5.77. The van der Waals surface area contributed by atoms with Crippen LogP contribution in [0.15, 0.2) is 30.3 Å². The molecule has 148 valence electrons. The first-order valence-corrected chi connectivity index (χ1v) is 10.6. The summed E-state index contributed by atoms with van der Waals surface area (Å²) in [4.78, 5) is 26.3. The summed E-state index contributed by atoms with van der Waals surface area (Å²) in [6.45, 7) is 5.86. The number of anilines is 1. The fourth-order valence-electron chi connectivity index (χ4n) is 3.23. The monoisotopic (exact) mass is 417 g/mol. The van der Waals surface area contributed by atoms with Crippen LogP contribution in [-0.2, 0) is 22.4 Å². The average molecular weight is 418 g/mol. The largest absolute Gasteiger partial charge is 0.459 e. The average Bonchev–Trinajstić information content (AvgIpc) is 2.97. The van der Waals surface area contributed by atoms with Gasteiger partial charge in [-0.2, -0.15) is 0 Å². The van der Waals surface area contributed by atoms with Crippen molar-refractivity contribution in [3.8, 4) is 0 Å². The van der Waals surface area contributed by atoms with Gasteiger partial charge in [0.1, 0.15) is 5.00 Å². The Labute approximate surface area is 174 Å². The number of hydrogen-bond donors (Lipinski definition) is 1. The number of thiophene rings is 1. The number of ether oxygens (including phenoxy) is 1. The Bertz CT molecular complexity index is 899. The van der Waals surface area contributed by atoms with Crippen molar-refractivity contribution in [2.24, 2.45) is 5.92 Å². The van der Waals surface area contributed by atoms with E-state index >= 15 is 0 Å². The summed E-state index contributed by atoms with van der Waals surface area (Å²) in [5.41, 5.74) is 2.43. The van der Waals surface area contributed by atoms with Crippen molar-refractivity contribution in [3.05, 3.63) is 56.9 Å². The summed E-state index contributed by atoms with van der Waals surface area (Å²) in [5.74, 6) is -0.0623. The molecule has 1 aliphatic rings. The highest BCUT2D eigenvalue weighted by Gasteiger charge is 2.29. The molecule has 4 nitrogen and oxygen atoms in total. The molecule has 1 aromatic carbocycles. The number of benzene rings is 1. The highest BCUT2D eigenvalue weighted by Crippen LogP contribution is 2.40. The molecule has 1 aliphatic carbocycles. The second-order valence-electron chi connectivity index (χ2n) is 7.38. The zero-order valence-electron chi connectivity index (χ0n) is 16.3. The normalized spacial score (nSPS) is 16.2. The maximum Gasteiger partial charge on any atom is 0.341 e. The van der Waals surface area contributed by atoms with Crippen LogP contribution in [-0.4, -0.2) is 18.0 Å². The minimum atomic E-state index is -0.362. The van der Waals surface area contributed by atoms with Crippen LogP contribution in [0.25, 0.3) is 6.08 Å². The molecule has 1 aromatic heterocycles. The van der Waals surface area contributed by atoms with Gasteiger partial charge in [0, 0.05) is 16.0 Å². The second kappa shape index (κ2) is 8.93. The van der Waals surface area contributed by atoms with Crippen molar-refractivity contribution in [3.63, 3.8) is 0 Å². The first-order valence-electron chi connectivity index (χ1n) is 9.43. The van der Waals surface area contributed by atoms with Crippen molar-refractivity contribution in [2.45, 2.75) is 46.1 Å². The number of amides is 1. The third kappa shape index (κ3) is 5.03. The van der Waals surface area contributed by atoms with Gasteiger partial charge < -0.3 is 10.1 Å². The van der Waals surface area contributed by atoms with Gasteiger partial charge in [-0.05, 0) is 68.4 Å². The van der Waals surface area contributed by atoms with E-state index in [4.69, 9.17) is 16.3 Å². The molecule has 1 unspecified atom stereocenters. The van der Waals surface area contributed by atoms with Crippen LogP contribution in [0.3, 0.4) is 0 Å². The van der Waals surface area contributed by atoms with Crippen LogP contribution in [0.4, 0.5) is 5.00 Å². The molecule has 6 heteroatoms. The SMILES string of the molecule is CC1CCc2c(sc(NC(=O)/C=C/c3ccc(Cl)cc3)c2C(=O)OC(C)C)C1. The molecule has 2 aromatic rings. The van der Waals surface area contributed by atoms with E-state index in [1.54, 1.807) is 18.2 Å². The lowest BCUT2D eigenvalue weighted by atomic mass is 9.88. The molecule has 0 radical (unpaired) electrons. The summed E-state index contributed by atoms with van der Waals surface area (Å²) >= 11 is 7.37. The molecule has 3 rings (SSSR count). The molecular weight excluding hydrogens is 394 g/mol. The van der Waals surface area contributed by atoms with E-state index in [9.17, 15) is 9.59 Å². The lowest BCUT2D eigenvalue weighted by molar-refractivity contribution is -0.111. The number of rotatable bonds is 5. The number of fused-ring (bicyclic) bond motifs is 1. The van der Waals surface area contributed by atoms with E-state index in [0.29, 0.717) is 21.5 Å². The van der Waals surface area contributed by atoms with Gasteiger partial charge in [0.15, 0.2) is 0 Å². The number of halogens is 1. The zero-order chi connectivity index (χ0) is 20.3. The van der Waals surface area contributed by atoms with Crippen LogP contribution in [0, 0.1) is 5.92 Å². The maximum atomic E-state index is 12.7. The fraction of sp³-hybridized carbons (Fsp3) is 0.364. The van der Waals surface area contributed by atoms with E-state index in [2.05, 4.69) is 12.2 Å². The molecule has 0 spiro atoms. The topological polar surface area (TPSA) is 55.4 Å². The van der Waals surface area contributed by atoms with Gasteiger partial charge in [-0.25, -0.2) is 4.79 Å². The number of hydrogen-bond acceptors (Lipinski definition) is 4. The smallest absolute Gasteiger partial charge is 0.341 e. The molecule has 1 atom stereocenters. The molecule has 1 heterocycles. The van der Waals surface area contributed by atoms with Crippen LogP contribution in [0.5, 0.6) is 0 Å². The third-order valence-electron chi connectivity index (χ3n) is 4.59. The molecule has 0 saturated carbocycles. The van der Waals surface area contributed by atoms with Crippen LogP contribution in [0.1, 0.15) is 53.6 Å². The maximum absolute atomic E-state index is 12.7. The molecular formula is C22H24ClNO3S. The Balaban J connectivity index is 1.82. The van der Waals surface area contributed by atoms with Crippen molar-refractivity contribution >= 4 is 45.9 Å². The number of nitrogens with one attached hydrogen (secondary N) is 1. The molecule has 1 N–H and O–H groups in total. The summed E-state index contributed by atoms with van der Waals surface area (Å²) in [5, 5.41) is 4.11. The number of esters is 1. The van der Waals surface area contributed by atoms with Gasteiger partial charge in [-0.3, -0.25) is 4.79 Å². The Morgan fingerprint density at radius 2 is 2.00 bits per heavy atom. The van der Waals surface area contributed by atoms with Crippen LogP contribution >= 0.6 is 22.9 Å². The minimum absolute atomic E-state index is 0.209. The van der Waals surface area contributed by atoms with Gasteiger partial charge in [-0.15, -0.1) is 11.3 Å². The molecule has 1 amide bonds. The van der Waals surface area contributed by atoms with Crippen molar-refractivity contribution in [2.75, 3.05) is 5.32 Å². The minimum Gasteiger partial charge on any atom is -0.459 e. The lowest BCUT2D eigenvalue weighted by Crippen LogP contribution is -2.18. The quantitative estimate of drug-likeness (QED) is 0.498. The Morgan fingerprint density at radius 1 is 1.29 bits per heavy atom. The predicted molar refractivity (Wildman–Crippen MR) is 115 cm³/mol. The van der Waals surface area contributed by atoms with Crippen molar-refractivity contribution < 1.29 is 14.3 Å². The summed E-state index contributed by atoms with van der Waals surface area (Å²) < 4.78 is 5.44. The number of carbonyl (C=O) groups excluding carboxylic acids is 2. The Morgan fingerprint density at radius 3 is 2.68 bits per heavy atom. The lowest BCUT2D eigenvalue weighted by Gasteiger charge is -2.18. The van der Waals surface area contributed by atoms with E-state index in [1.807, 2.05) is 26.0 Å². The van der Waals surface area contributed by atoms with Crippen LogP contribution < -0.4 is 5.32 Å². The molecule has 0 saturated heterocycles. The zero-order valence-corrected chi connectivity index (χ0v) is 17.8. The van der Waals surface area contributed by atoms with Crippen LogP contribution in [0.2, 0.25) is 5.02 Å². The van der Waals surface area contributed by atoms with Gasteiger partial charge in [0.05, 0.1) is 11.7 Å². The first kappa shape index (κ1) is 20.6. The van der Waals surface area contributed by atoms with E-state index < -0.39 is 0 Å². The highest BCUT2D eigenvalue weighted by molar-refractivity contribution is 7.17. The standard InChI is InChI=1S/C22H24ClNO3S/c1-13(2)27-22(26)20-17-10-4-14(3)12-18(17)28-21(20)24-19(25)11-7-15-5-8-16(23)9-6-15/h5-9,11,13-14H,4,10,12H2,1-3H3,(H,24,25)/b11-7+. The van der Waals surface area contributed by atoms with Gasteiger partial charge >= 0.3 is 5.97 Å². The van der Waals surface area contributed by atoms with E-state index in [0.717, 1.165) is 30.4 Å².